The fraction of sp³-hybridized carbons (Fsp3) is 0.371. The number of likely N-dealkylation sites (tertiary alicyclic amines) is 1. The number of rotatable bonds is 11. The second-order valence-electron chi connectivity index (χ2n) is 11.7. The predicted molar refractivity (Wildman–Crippen MR) is 169 cm³/mol. The average molecular weight is 597 g/mol. The second kappa shape index (κ2) is 14.8. The summed E-state index contributed by atoms with van der Waals surface area (Å²) in [5.41, 5.74) is 2.70. The third kappa shape index (κ3) is 7.90. The van der Waals surface area contributed by atoms with Gasteiger partial charge in [-0.25, -0.2) is 4.79 Å². The van der Waals surface area contributed by atoms with Gasteiger partial charge >= 0.3 is 6.09 Å². The highest BCUT2D eigenvalue weighted by atomic mass is 16.6. The Morgan fingerprint density at radius 3 is 2.27 bits per heavy atom. The van der Waals surface area contributed by atoms with E-state index in [0.29, 0.717) is 29.5 Å². The minimum Gasteiger partial charge on any atom is -0.445 e. The Balaban J connectivity index is 1.16. The van der Waals surface area contributed by atoms with Crippen molar-refractivity contribution in [1.82, 2.24) is 15.1 Å². The number of nitro groups is 1. The van der Waals surface area contributed by atoms with Crippen LogP contribution in [0.4, 0.5) is 10.5 Å². The van der Waals surface area contributed by atoms with E-state index in [2.05, 4.69) is 41.1 Å². The van der Waals surface area contributed by atoms with Crippen molar-refractivity contribution in [3.63, 3.8) is 0 Å². The smallest absolute Gasteiger partial charge is 0.410 e. The summed E-state index contributed by atoms with van der Waals surface area (Å²) in [6, 6.07) is 26.2. The maximum absolute atomic E-state index is 13.1. The normalized spacial score (nSPS) is 20.5. The number of carbonyl (C=O) groups is 2. The Labute approximate surface area is 258 Å². The lowest BCUT2D eigenvalue weighted by Gasteiger charge is -2.39. The molecule has 1 aliphatic heterocycles. The van der Waals surface area contributed by atoms with Crippen molar-refractivity contribution < 1.29 is 19.2 Å². The number of hydrogen-bond acceptors (Lipinski definition) is 6. The number of benzene rings is 3. The number of nitro benzene ring substituents is 1. The lowest BCUT2D eigenvalue weighted by molar-refractivity contribution is -0.384. The quantitative estimate of drug-likeness (QED) is 0.161. The molecule has 1 heterocycles. The Bertz CT molecular complexity index is 1410. The van der Waals surface area contributed by atoms with Gasteiger partial charge in [-0.3, -0.25) is 14.9 Å². The summed E-state index contributed by atoms with van der Waals surface area (Å²) in [5.74, 6) is 0.749. The molecule has 44 heavy (non-hydrogen) atoms. The first kappa shape index (κ1) is 30.9. The Morgan fingerprint density at radius 2 is 1.64 bits per heavy atom. The standard InChI is InChI=1S/C35H40N4O5/c1-2-19-38(35(41)44-25-26-13-15-32(16-14-26)39(42)43)31-17-20-37(21-18-31)24-29-22-30(23-33(29)27-9-5-3-6-10-27)36-34(40)28-11-7-4-8-12-28/h2-16,29-31,33H,1,17-25H2,(H,36,40)/t29-,30+,33-/m1/s1. The number of nitrogens with zero attached hydrogens (tertiary/aromatic N) is 3. The van der Waals surface area contributed by atoms with Gasteiger partial charge in [0.15, 0.2) is 0 Å². The molecule has 3 aromatic rings. The number of nitrogens with one attached hydrogen (secondary N) is 1. The molecule has 3 atom stereocenters. The van der Waals surface area contributed by atoms with Crippen LogP contribution in [0, 0.1) is 16.0 Å². The maximum atomic E-state index is 13.1. The zero-order chi connectivity index (χ0) is 30.9. The van der Waals surface area contributed by atoms with E-state index >= 15 is 0 Å². The Kier molecular flexibility index (Phi) is 10.4. The van der Waals surface area contributed by atoms with E-state index < -0.39 is 11.0 Å². The molecule has 2 aliphatic rings. The van der Waals surface area contributed by atoms with Crippen molar-refractivity contribution in [1.29, 1.82) is 0 Å². The average Bonchev–Trinajstić information content (AvgIpc) is 3.45. The first-order valence-corrected chi connectivity index (χ1v) is 15.3. The molecule has 1 saturated carbocycles. The van der Waals surface area contributed by atoms with E-state index in [0.717, 1.165) is 45.3 Å². The van der Waals surface area contributed by atoms with Crippen LogP contribution in [0.3, 0.4) is 0 Å². The summed E-state index contributed by atoms with van der Waals surface area (Å²) in [7, 11) is 0. The molecule has 0 aromatic heterocycles. The lowest BCUT2D eigenvalue weighted by atomic mass is 9.88. The van der Waals surface area contributed by atoms with Crippen LogP contribution in [-0.2, 0) is 11.3 Å². The highest BCUT2D eigenvalue weighted by molar-refractivity contribution is 5.94. The molecule has 2 amide bonds. The summed E-state index contributed by atoms with van der Waals surface area (Å²) in [6.07, 6.45) is 4.81. The highest BCUT2D eigenvalue weighted by Crippen LogP contribution is 2.41. The summed E-state index contributed by atoms with van der Waals surface area (Å²) in [4.78, 5) is 40.7. The topological polar surface area (TPSA) is 105 Å². The van der Waals surface area contributed by atoms with Gasteiger partial charge in [0.05, 0.1) is 4.92 Å². The number of non-ortho nitro benzene ring substituents is 1. The molecular formula is C35H40N4O5. The van der Waals surface area contributed by atoms with Crippen LogP contribution >= 0.6 is 0 Å². The van der Waals surface area contributed by atoms with Gasteiger partial charge in [0.2, 0.25) is 0 Å². The van der Waals surface area contributed by atoms with Crippen LogP contribution in [0.15, 0.2) is 97.6 Å². The van der Waals surface area contributed by atoms with Crippen LogP contribution < -0.4 is 5.32 Å². The summed E-state index contributed by atoms with van der Waals surface area (Å²) >= 11 is 0. The molecule has 0 unspecified atom stereocenters. The van der Waals surface area contributed by atoms with Crippen LogP contribution in [0.1, 0.15) is 53.1 Å². The molecule has 0 bridgehead atoms. The van der Waals surface area contributed by atoms with Crippen molar-refractivity contribution in [2.45, 2.75) is 50.3 Å². The zero-order valence-electron chi connectivity index (χ0n) is 24.9. The third-order valence-electron chi connectivity index (χ3n) is 8.85. The largest absolute Gasteiger partial charge is 0.445 e. The number of piperidine rings is 1. The molecule has 1 N–H and O–H groups in total. The molecule has 9 heteroatoms. The van der Waals surface area contributed by atoms with Gasteiger partial charge in [0.1, 0.15) is 6.61 Å². The molecule has 0 spiro atoms. The summed E-state index contributed by atoms with van der Waals surface area (Å²) in [6.45, 7) is 6.96. The Hall–Kier alpha value is -4.50. The summed E-state index contributed by atoms with van der Waals surface area (Å²) < 4.78 is 5.59. The molecule has 2 fully saturated rings. The van der Waals surface area contributed by atoms with Crippen molar-refractivity contribution >= 4 is 17.7 Å². The van der Waals surface area contributed by atoms with Gasteiger partial charge in [0, 0.05) is 56.0 Å². The van der Waals surface area contributed by atoms with E-state index in [-0.39, 0.29) is 30.3 Å². The van der Waals surface area contributed by atoms with Crippen LogP contribution in [0.5, 0.6) is 0 Å². The fourth-order valence-corrected chi connectivity index (χ4v) is 6.61. The lowest BCUT2D eigenvalue weighted by Crippen LogP contribution is -2.48. The fourth-order valence-electron chi connectivity index (χ4n) is 6.61. The van der Waals surface area contributed by atoms with Crippen molar-refractivity contribution in [3.05, 3.63) is 124 Å². The van der Waals surface area contributed by atoms with Crippen LogP contribution in [0.25, 0.3) is 0 Å². The third-order valence-corrected chi connectivity index (χ3v) is 8.85. The van der Waals surface area contributed by atoms with E-state index in [1.165, 1.54) is 17.7 Å². The van der Waals surface area contributed by atoms with E-state index in [9.17, 15) is 19.7 Å². The SMILES string of the molecule is C=CCN(C(=O)OCc1ccc([N+](=O)[O-])cc1)C1CCN(C[C@H]2C[C@H](NC(=O)c3ccccc3)C[C@@H]2c2ccccc2)CC1. The van der Waals surface area contributed by atoms with Gasteiger partial charge in [-0.2, -0.15) is 0 Å². The van der Waals surface area contributed by atoms with Gasteiger partial charge < -0.3 is 19.9 Å². The van der Waals surface area contributed by atoms with Crippen molar-refractivity contribution in [2.24, 2.45) is 5.92 Å². The van der Waals surface area contributed by atoms with Gasteiger partial charge in [-0.15, -0.1) is 6.58 Å². The minimum atomic E-state index is -0.454. The van der Waals surface area contributed by atoms with E-state index in [1.807, 2.05) is 36.4 Å². The number of carbonyl (C=O) groups excluding carboxylic acids is 2. The molecule has 9 nitrogen and oxygen atoms in total. The molecule has 3 aromatic carbocycles. The van der Waals surface area contributed by atoms with Gasteiger partial charge in [-0.1, -0.05) is 54.6 Å². The van der Waals surface area contributed by atoms with E-state index in [1.54, 1.807) is 23.1 Å². The molecule has 230 valence electrons. The minimum absolute atomic E-state index is 0.000250. The van der Waals surface area contributed by atoms with Gasteiger partial charge in [0.25, 0.3) is 11.6 Å². The van der Waals surface area contributed by atoms with Crippen molar-refractivity contribution in [3.8, 4) is 0 Å². The van der Waals surface area contributed by atoms with E-state index in [4.69, 9.17) is 4.74 Å². The van der Waals surface area contributed by atoms with Crippen molar-refractivity contribution in [2.75, 3.05) is 26.2 Å². The van der Waals surface area contributed by atoms with Crippen LogP contribution in [0.2, 0.25) is 0 Å². The first-order chi connectivity index (χ1) is 21.4. The molecular weight excluding hydrogens is 556 g/mol. The second-order valence-corrected chi connectivity index (χ2v) is 11.7. The highest BCUT2D eigenvalue weighted by Gasteiger charge is 2.38. The monoisotopic (exact) mass is 596 g/mol. The molecule has 1 saturated heterocycles. The van der Waals surface area contributed by atoms with Gasteiger partial charge in [-0.05, 0) is 72.9 Å². The first-order valence-electron chi connectivity index (χ1n) is 15.3. The number of amides is 2. The molecule has 0 radical (unpaired) electrons. The zero-order valence-corrected chi connectivity index (χ0v) is 24.9. The Morgan fingerprint density at radius 1 is 0.977 bits per heavy atom. The molecule has 1 aliphatic carbocycles. The maximum Gasteiger partial charge on any atom is 0.410 e. The molecule has 5 rings (SSSR count). The number of ether oxygens (including phenoxy) is 1. The predicted octanol–water partition coefficient (Wildman–Crippen LogP) is 6.18. The number of hydrogen-bond donors (Lipinski definition) is 1. The van der Waals surface area contributed by atoms with Crippen LogP contribution in [-0.4, -0.2) is 65.0 Å². The summed E-state index contributed by atoms with van der Waals surface area (Å²) in [5, 5.41) is 14.2.